The van der Waals surface area contributed by atoms with E-state index in [0.717, 1.165) is 30.5 Å². The Bertz CT molecular complexity index is 747. The summed E-state index contributed by atoms with van der Waals surface area (Å²) in [5.41, 5.74) is 7.74. The molecule has 134 valence electrons. The predicted molar refractivity (Wildman–Crippen MR) is 99.2 cm³/mol. The minimum atomic E-state index is -0.0180. The first kappa shape index (κ1) is 17.7. The molecule has 1 aromatic heterocycles. The van der Waals surface area contributed by atoms with Gasteiger partial charge in [-0.05, 0) is 37.0 Å². The number of amides is 1. The molecule has 0 bridgehead atoms. The number of nitrogens with zero attached hydrogens (tertiary/aromatic N) is 1. The van der Waals surface area contributed by atoms with E-state index in [0.29, 0.717) is 23.1 Å². The Morgan fingerprint density at radius 3 is 2.80 bits per heavy atom. The van der Waals surface area contributed by atoms with Gasteiger partial charge in [-0.15, -0.1) is 11.3 Å². The average Bonchev–Trinajstić information content (AvgIpc) is 3.24. The second kappa shape index (κ2) is 7.84. The highest BCUT2D eigenvalue weighted by atomic mass is 32.1. The SMILES string of the molecule is COc1ccc(-c2csc(NC(=O)C[C@@H]3CCC[C@H]3N)n2)cc1OC. The standard InChI is InChI=1S/C18H23N3O3S/c1-23-15-7-6-12(8-16(15)24-2)14-10-25-18(20-14)21-17(22)9-11-4-3-5-13(11)19/h6-8,10-11,13H,3-5,9,19H2,1-2H3,(H,20,21,22)/t11-,13+/m0/s1. The maximum absolute atomic E-state index is 12.2. The quantitative estimate of drug-likeness (QED) is 0.824. The molecule has 3 N–H and O–H groups in total. The van der Waals surface area contributed by atoms with Crippen molar-refractivity contribution in [3.63, 3.8) is 0 Å². The van der Waals surface area contributed by atoms with Crippen LogP contribution in [0.2, 0.25) is 0 Å². The zero-order valence-electron chi connectivity index (χ0n) is 14.5. The van der Waals surface area contributed by atoms with E-state index >= 15 is 0 Å². The summed E-state index contributed by atoms with van der Waals surface area (Å²) in [5, 5.41) is 5.40. The number of benzene rings is 1. The van der Waals surface area contributed by atoms with Crippen molar-refractivity contribution in [3.8, 4) is 22.8 Å². The smallest absolute Gasteiger partial charge is 0.226 e. The van der Waals surface area contributed by atoms with E-state index in [9.17, 15) is 4.79 Å². The largest absolute Gasteiger partial charge is 0.493 e. The zero-order chi connectivity index (χ0) is 17.8. The first-order chi connectivity index (χ1) is 12.1. The van der Waals surface area contributed by atoms with Crippen LogP contribution in [0.25, 0.3) is 11.3 Å². The summed E-state index contributed by atoms with van der Waals surface area (Å²) in [7, 11) is 3.20. The molecule has 2 aromatic rings. The Morgan fingerprint density at radius 1 is 1.32 bits per heavy atom. The number of methoxy groups -OCH3 is 2. The molecule has 7 heteroatoms. The Kier molecular flexibility index (Phi) is 5.55. The van der Waals surface area contributed by atoms with Crippen molar-refractivity contribution in [2.75, 3.05) is 19.5 Å². The van der Waals surface area contributed by atoms with Gasteiger partial charge < -0.3 is 20.5 Å². The minimum Gasteiger partial charge on any atom is -0.493 e. The fourth-order valence-electron chi connectivity index (χ4n) is 3.19. The van der Waals surface area contributed by atoms with Crippen molar-refractivity contribution in [2.24, 2.45) is 11.7 Å². The van der Waals surface area contributed by atoms with E-state index in [1.165, 1.54) is 11.3 Å². The lowest BCUT2D eigenvalue weighted by atomic mass is 10.00. The average molecular weight is 361 g/mol. The first-order valence-electron chi connectivity index (χ1n) is 8.34. The van der Waals surface area contributed by atoms with Crippen LogP contribution in [0.3, 0.4) is 0 Å². The lowest BCUT2D eigenvalue weighted by molar-refractivity contribution is -0.117. The van der Waals surface area contributed by atoms with Gasteiger partial charge in [0.1, 0.15) is 0 Å². The van der Waals surface area contributed by atoms with Crippen LogP contribution in [0.4, 0.5) is 5.13 Å². The Balaban J connectivity index is 1.67. The fourth-order valence-corrected chi connectivity index (χ4v) is 3.92. The van der Waals surface area contributed by atoms with Gasteiger partial charge in [-0.25, -0.2) is 4.98 Å². The van der Waals surface area contributed by atoms with E-state index in [2.05, 4.69) is 10.3 Å². The highest BCUT2D eigenvalue weighted by molar-refractivity contribution is 7.14. The van der Waals surface area contributed by atoms with E-state index in [1.54, 1.807) is 14.2 Å². The summed E-state index contributed by atoms with van der Waals surface area (Å²) >= 11 is 1.41. The lowest BCUT2D eigenvalue weighted by Crippen LogP contribution is -2.28. The lowest BCUT2D eigenvalue weighted by Gasteiger charge is -2.13. The maximum atomic E-state index is 12.2. The third kappa shape index (κ3) is 4.11. The van der Waals surface area contributed by atoms with Gasteiger partial charge in [0.15, 0.2) is 16.6 Å². The number of nitrogens with one attached hydrogen (secondary N) is 1. The summed E-state index contributed by atoms with van der Waals surface area (Å²) in [4.78, 5) is 16.7. The highest BCUT2D eigenvalue weighted by Crippen LogP contribution is 2.33. The number of aromatic nitrogens is 1. The number of rotatable bonds is 6. The highest BCUT2D eigenvalue weighted by Gasteiger charge is 2.26. The van der Waals surface area contributed by atoms with Crippen LogP contribution in [0.1, 0.15) is 25.7 Å². The van der Waals surface area contributed by atoms with Crippen LogP contribution in [0.5, 0.6) is 11.5 Å². The molecule has 1 heterocycles. The second-order valence-electron chi connectivity index (χ2n) is 6.21. The van der Waals surface area contributed by atoms with Gasteiger partial charge in [0.25, 0.3) is 0 Å². The molecule has 1 aliphatic rings. The van der Waals surface area contributed by atoms with E-state index in [-0.39, 0.29) is 17.9 Å². The fraction of sp³-hybridized carbons (Fsp3) is 0.444. The number of hydrogen-bond donors (Lipinski definition) is 2. The summed E-state index contributed by atoms with van der Waals surface area (Å²) in [6, 6.07) is 5.77. The number of carbonyl (C=O) groups excluding carboxylic acids is 1. The van der Waals surface area contributed by atoms with Crippen LogP contribution in [0, 0.1) is 5.92 Å². The zero-order valence-corrected chi connectivity index (χ0v) is 15.3. The third-order valence-corrected chi connectivity index (χ3v) is 5.35. The minimum absolute atomic E-state index is 0.0180. The molecule has 6 nitrogen and oxygen atoms in total. The normalized spacial score (nSPS) is 19.6. The molecule has 25 heavy (non-hydrogen) atoms. The van der Waals surface area contributed by atoms with E-state index in [1.807, 2.05) is 23.6 Å². The van der Waals surface area contributed by atoms with E-state index in [4.69, 9.17) is 15.2 Å². The van der Waals surface area contributed by atoms with Crippen LogP contribution in [-0.4, -0.2) is 31.2 Å². The Morgan fingerprint density at radius 2 is 2.12 bits per heavy atom. The molecule has 0 spiro atoms. The Hall–Kier alpha value is -2.12. The molecule has 0 unspecified atom stereocenters. The van der Waals surface area contributed by atoms with Gasteiger partial charge in [-0.1, -0.05) is 6.42 Å². The van der Waals surface area contributed by atoms with E-state index < -0.39 is 0 Å². The second-order valence-corrected chi connectivity index (χ2v) is 7.07. The number of carbonyl (C=O) groups is 1. The van der Waals surface area contributed by atoms with Gasteiger partial charge in [0.05, 0.1) is 19.9 Å². The summed E-state index contributed by atoms with van der Waals surface area (Å²) in [6.07, 6.45) is 3.62. The maximum Gasteiger partial charge on any atom is 0.226 e. The van der Waals surface area contributed by atoms with Crippen LogP contribution < -0.4 is 20.5 Å². The molecule has 1 amide bonds. The molecule has 1 aromatic carbocycles. The van der Waals surface area contributed by atoms with Gasteiger partial charge >= 0.3 is 0 Å². The topological polar surface area (TPSA) is 86.5 Å². The molecule has 1 fully saturated rings. The first-order valence-corrected chi connectivity index (χ1v) is 9.22. The number of ether oxygens (including phenoxy) is 2. The van der Waals surface area contributed by atoms with Crippen molar-refractivity contribution in [1.29, 1.82) is 0 Å². The van der Waals surface area contributed by atoms with Crippen LogP contribution in [-0.2, 0) is 4.79 Å². The van der Waals surface area contributed by atoms with Gasteiger partial charge in [0.2, 0.25) is 5.91 Å². The third-order valence-electron chi connectivity index (χ3n) is 4.60. The molecule has 2 atom stereocenters. The van der Waals surface area contributed by atoms with Crippen molar-refractivity contribution in [1.82, 2.24) is 4.98 Å². The van der Waals surface area contributed by atoms with Crippen molar-refractivity contribution >= 4 is 22.4 Å². The molecule has 3 rings (SSSR count). The summed E-state index contributed by atoms with van der Waals surface area (Å²) in [5.74, 6) is 1.58. The van der Waals surface area contributed by atoms with Crippen LogP contribution in [0.15, 0.2) is 23.6 Å². The summed E-state index contributed by atoms with van der Waals surface area (Å²) in [6.45, 7) is 0. The molecular formula is C18H23N3O3S. The molecule has 1 aliphatic carbocycles. The van der Waals surface area contributed by atoms with Crippen molar-refractivity contribution in [2.45, 2.75) is 31.7 Å². The molecule has 1 saturated carbocycles. The van der Waals surface area contributed by atoms with Crippen molar-refractivity contribution in [3.05, 3.63) is 23.6 Å². The van der Waals surface area contributed by atoms with Crippen LogP contribution >= 0.6 is 11.3 Å². The number of hydrogen-bond acceptors (Lipinski definition) is 6. The number of thiazole rings is 1. The predicted octanol–water partition coefficient (Wildman–Crippen LogP) is 3.28. The van der Waals surface area contributed by atoms with Gasteiger partial charge in [-0.2, -0.15) is 0 Å². The van der Waals surface area contributed by atoms with Gasteiger partial charge in [0, 0.05) is 23.4 Å². The Labute approximate surface area is 151 Å². The molecule has 0 aliphatic heterocycles. The van der Waals surface area contributed by atoms with Crippen molar-refractivity contribution < 1.29 is 14.3 Å². The summed E-state index contributed by atoms with van der Waals surface area (Å²) < 4.78 is 10.6. The monoisotopic (exact) mass is 361 g/mol. The molecule has 0 radical (unpaired) electrons. The van der Waals surface area contributed by atoms with Gasteiger partial charge in [-0.3, -0.25) is 4.79 Å². The number of anilines is 1. The molecular weight excluding hydrogens is 338 g/mol. The molecule has 0 saturated heterocycles. The number of nitrogens with two attached hydrogens (primary N) is 1.